The second kappa shape index (κ2) is 9.19. The van der Waals surface area contributed by atoms with Crippen LogP contribution in [0.4, 0.5) is 18.9 Å². The highest BCUT2D eigenvalue weighted by Gasteiger charge is 2.30. The topological polar surface area (TPSA) is 72.0 Å². The molecule has 3 aromatic rings. The highest BCUT2D eigenvalue weighted by atomic mass is 32.2. The molecule has 10 heteroatoms. The summed E-state index contributed by atoms with van der Waals surface area (Å²) in [6.07, 6.45) is 3.21. The molecule has 1 N–H and O–H groups in total. The van der Waals surface area contributed by atoms with Crippen molar-refractivity contribution in [1.29, 1.82) is 0 Å². The molecule has 0 aliphatic heterocycles. The Morgan fingerprint density at radius 1 is 1.09 bits per heavy atom. The van der Waals surface area contributed by atoms with Gasteiger partial charge >= 0.3 is 0 Å². The number of sulfonamides is 1. The second-order valence-electron chi connectivity index (χ2n) is 8.31. The van der Waals surface area contributed by atoms with Gasteiger partial charge in [0.15, 0.2) is 11.6 Å². The highest BCUT2D eigenvalue weighted by molar-refractivity contribution is 7.92. The predicted molar refractivity (Wildman–Crippen MR) is 122 cm³/mol. The first-order chi connectivity index (χ1) is 14.9. The van der Waals surface area contributed by atoms with E-state index >= 15 is 4.39 Å². The summed E-state index contributed by atoms with van der Waals surface area (Å²) in [6.45, 7) is 7.27. The molecule has 32 heavy (non-hydrogen) atoms. The van der Waals surface area contributed by atoms with E-state index in [9.17, 15) is 17.2 Å². The summed E-state index contributed by atoms with van der Waals surface area (Å²) in [5.74, 6) is -4.22. The lowest BCUT2D eigenvalue weighted by Gasteiger charge is -2.18. The maximum atomic E-state index is 15.4. The molecule has 3 rings (SSSR count). The van der Waals surface area contributed by atoms with Gasteiger partial charge in [0.05, 0.1) is 23.2 Å². The Hall–Kier alpha value is -2.46. The number of aromatic nitrogens is 2. The van der Waals surface area contributed by atoms with E-state index in [0.29, 0.717) is 10.9 Å². The minimum atomic E-state index is -3.95. The molecule has 0 saturated heterocycles. The van der Waals surface area contributed by atoms with Crippen molar-refractivity contribution in [1.82, 2.24) is 9.97 Å². The average molecular weight is 484 g/mol. The van der Waals surface area contributed by atoms with Crippen LogP contribution in [-0.4, -0.2) is 24.6 Å². The summed E-state index contributed by atoms with van der Waals surface area (Å²) in [7, 11) is -3.95. The van der Waals surface area contributed by atoms with E-state index in [4.69, 9.17) is 0 Å². The summed E-state index contributed by atoms with van der Waals surface area (Å²) >= 11 is 1.17. The Kier molecular flexibility index (Phi) is 6.94. The van der Waals surface area contributed by atoms with E-state index in [-0.39, 0.29) is 11.3 Å². The summed E-state index contributed by atoms with van der Waals surface area (Å²) in [6, 6.07) is 3.62. The van der Waals surface area contributed by atoms with E-state index in [1.54, 1.807) is 26.1 Å². The van der Waals surface area contributed by atoms with Crippen molar-refractivity contribution in [3.05, 3.63) is 52.4 Å². The monoisotopic (exact) mass is 483 g/mol. The molecule has 0 bridgehead atoms. The molecule has 0 radical (unpaired) electrons. The van der Waals surface area contributed by atoms with Gasteiger partial charge in [-0.25, -0.2) is 26.6 Å². The van der Waals surface area contributed by atoms with Gasteiger partial charge in [-0.1, -0.05) is 27.7 Å². The molecule has 0 amide bonds. The molecule has 1 aromatic carbocycles. The van der Waals surface area contributed by atoms with Crippen LogP contribution >= 0.6 is 11.3 Å². The lowest BCUT2D eigenvalue weighted by molar-refractivity contribution is 0.495. The SMILES string of the molecule is CC(C)Cc1cc(-c2nc(-c3c(F)c(F)c(NS(C)(=O)=O)c(C(C)C)c3F)cs2)ccn1. The fourth-order valence-corrected chi connectivity index (χ4v) is 4.77. The van der Waals surface area contributed by atoms with Gasteiger partial charge in [-0.15, -0.1) is 11.3 Å². The molecule has 5 nitrogen and oxygen atoms in total. The quantitative estimate of drug-likeness (QED) is 0.420. The lowest BCUT2D eigenvalue weighted by atomic mass is 9.96. The maximum Gasteiger partial charge on any atom is 0.229 e. The summed E-state index contributed by atoms with van der Waals surface area (Å²) in [5.41, 5.74) is -0.0482. The normalized spacial score (nSPS) is 12.1. The van der Waals surface area contributed by atoms with E-state index in [1.165, 1.54) is 16.7 Å². The summed E-state index contributed by atoms with van der Waals surface area (Å²) in [4.78, 5) is 8.67. The number of rotatable bonds is 7. The number of nitrogens with one attached hydrogen (secondary N) is 1. The Morgan fingerprint density at radius 2 is 1.78 bits per heavy atom. The van der Waals surface area contributed by atoms with Crippen LogP contribution in [0.15, 0.2) is 23.7 Å². The molecule has 0 unspecified atom stereocenters. The minimum Gasteiger partial charge on any atom is -0.280 e. The van der Waals surface area contributed by atoms with Crippen LogP contribution in [0.2, 0.25) is 0 Å². The van der Waals surface area contributed by atoms with Crippen LogP contribution in [0.1, 0.15) is 44.9 Å². The fourth-order valence-electron chi connectivity index (χ4n) is 3.39. The third kappa shape index (κ3) is 5.12. The minimum absolute atomic E-state index is 0.0612. The Bertz CT molecular complexity index is 1260. The second-order valence-corrected chi connectivity index (χ2v) is 10.9. The number of hydrogen-bond acceptors (Lipinski definition) is 5. The molecule has 0 spiro atoms. The molecule has 0 aliphatic carbocycles. The van der Waals surface area contributed by atoms with Crippen molar-refractivity contribution < 1.29 is 21.6 Å². The van der Waals surface area contributed by atoms with Gasteiger partial charge in [-0.05, 0) is 30.4 Å². The van der Waals surface area contributed by atoms with Gasteiger partial charge in [0, 0.05) is 28.4 Å². The van der Waals surface area contributed by atoms with Crippen molar-refractivity contribution in [2.24, 2.45) is 5.92 Å². The zero-order valence-electron chi connectivity index (χ0n) is 18.3. The molecular formula is C22H24F3N3O2S2. The number of pyridine rings is 1. The first-order valence-electron chi connectivity index (χ1n) is 9.98. The molecule has 0 fully saturated rings. The van der Waals surface area contributed by atoms with Crippen LogP contribution in [0, 0.1) is 23.4 Å². The van der Waals surface area contributed by atoms with Crippen molar-refractivity contribution in [3.63, 3.8) is 0 Å². The number of hydrogen-bond donors (Lipinski definition) is 1. The number of thiazole rings is 1. The number of anilines is 1. The van der Waals surface area contributed by atoms with Crippen molar-refractivity contribution in [2.45, 2.75) is 40.0 Å². The van der Waals surface area contributed by atoms with Gasteiger partial charge in [0.2, 0.25) is 10.0 Å². The third-order valence-electron chi connectivity index (χ3n) is 4.66. The van der Waals surface area contributed by atoms with Crippen LogP contribution in [-0.2, 0) is 16.4 Å². The zero-order valence-corrected chi connectivity index (χ0v) is 20.0. The van der Waals surface area contributed by atoms with Crippen molar-refractivity contribution >= 4 is 27.0 Å². The largest absolute Gasteiger partial charge is 0.280 e. The number of benzene rings is 1. The van der Waals surface area contributed by atoms with Crippen LogP contribution in [0.3, 0.4) is 0 Å². The average Bonchev–Trinajstić information content (AvgIpc) is 3.14. The molecule has 2 aromatic heterocycles. The Morgan fingerprint density at radius 3 is 2.38 bits per heavy atom. The van der Waals surface area contributed by atoms with E-state index in [2.05, 4.69) is 23.8 Å². The van der Waals surface area contributed by atoms with Crippen LogP contribution in [0.5, 0.6) is 0 Å². The van der Waals surface area contributed by atoms with Gasteiger partial charge in [0.1, 0.15) is 10.8 Å². The van der Waals surface area contributed by atoms with E-state index < -0.39 is 44.6 Å². The zero-order chi connectivity index (χ0) is 23.8. The third-order valence-corrected chi connectivity index (χ3v) is 6.13. The van der Waals surface area contributed by atoms with Gasteiger partial charge in [0.25, 0.3) is 0 Å². The fraction of sp³-hybridized carbons (Fsp3) is 0.364. The van der Waals surface area contributed by atoms with Gasteiger partial charge < -0.3 is 0 Å². The Labute approximate surface area is 189 Å². The maximum absolute atomic E-state index is 15.4. The molecule has 2 heterocycles. The van der Waals surface area contributed by atoms with E-state index in [1.807, 2.05) is 10.8 Å². The highest BCUT2D eigenvalue weighted by Crippen LogP contribution is 2.40. The van der Waals surface area contributed by atoms with Gasteiger partial charge in [-0.3, -0.25) is 9.71 Å². The molecule has 172 valence electrons. The molecule has 0 aliphatic rings. The lowest BCUT2D eigenvalue weighted by Crippen LogP contribution is -2.16. The van der Waals surface area contributed by atoms with Gasteiger partial charge in [-0.2, -0.15) is 0 Å². The smallest absolute Gasteiger partial charge is 0.229 e. The van der Waals surface area contributed by atoms with E-state index in [0.717, 1.165) is 23.9 Å². The molecular weight excluding hydrogens is 459 g/mol. The van der Waals surface area contributed by atoms with Crippen LogP contribution < -0.4 is 4.72 Å². The number of halogens is 3. The number of nitrogens with zero attached hydrogens (tertiary/aromatic N) is 2. The van der Waals surface area contributed by atoms with Crippen molar-refractivity contribution in [2.75, 3.05) is 11.0 Å². The Balaban J connectivity index is 2.13. The molecule has 0 saturated carbocycles. The molecule has 0 atom stereocenters. The predicted octanol–water partition coefficient (Wildman–Crippen LogP) is 5.98. The first kappa shape index (κ1) is 24.2. The summed E-state index contributed by atoms with van der Waals surface area (Å²) < 4.78 is 70.4. The van der Waals surface area contributed by atoms with Crippen LogP contribution in [0.25, 0.3) is 21.8 Å². The van der Waals surface area contributed by atoms with Crippen molar-refractivity contribution in [3.8, 4) is 21.8 Å². The first-order valence-corrected chi connectivity index (χ1v) is 12.8. The summed E-state index contributed by atoms with van der Waals surface area (Å²) in [5, 5.41) is 1.96. The standard InChI is InChI=1S/C22H24F3N3O2S2/c1-11(2)8-14-9-13(6-7-26-14)22-27-15(10-31-22)17-18(23)16(12(3)4)21(20(25)19(17)24)28-32(5,29)30/h6-7,9-12,28H,8H2,1-5H3.